The van der Waals surface area contributed by atoms with Crippen molar-refractivity contribution in [2.75, 3.05) is 25.5 Å². The average molecular weight is 290 g/mol. The highest BCUT2D eigenvalue weighted by atomic mass is 15.1. The van der Waals surface area contributed by atoms with Crippen LogP contribution in [0, 0.1) is 0 Å². The summed E-state index contributed by atoms with van der Waals surface area (Å²) in [5.74, 6) is 1.40. The van der Waals surface area contributed by atoms with Gasteiger partial charge in [-0.05, 0) is 38.8 Å². The molecular weight excluding hydrogens is 260 g/mol. The number of aromatic nitrogens is 2. The second-order valence-corrected chi connectivity index (χ2v) is 6.54. The monoisotopic (exact) mass is 290 g/mol. The van der Waals surface area contributed by atoms with Gasteiger partial charge in [-0.2, -0.15) is 0 Å². The van der Waals surface area contributed by atoms with Crippen LogP contribution in [0.2, 0.25) is 0 Å². The Morgan fingerprint density at radius 1 is 1.24 bits per heavy atom. The standard InChI is InChI=1S/C17H30N4/c1-14(2)16-12-17(20-13-19-16)18-10-7-11-21(3)15-8-5-4-6-9-15/h12-15H,4-11H2,1-3H3,(H,18,19,20). The van der Waals surface area contributed by atoms with Crippen LogP contribution in [0.5, 0.6) is 0 Å². The second-order valence-electron chi connectivity index (χ2n) is 6.54. The molecule has 0 spiro atoms. The van der Waals surface area contributed by atoms with Crippen molar-refractivity contribution in [2.45, 2.75) is 64.3 Å². The minimum absolute atomic E-state index is 0.450. The molecule has 4 nitrogen and oxygen atoms in total. The lowest BCUT2D eigenvalue weighted by Crippen LogP contribution is -2.34. The lowest BCUT2D eigenvalue weighted by molar-refractivity contribution is 0.191. The SMILES string of the molecule is CC(C)c1cc(NCCCN(C)C2CCCCC2)ncn1. The first-order chi connectivity index (χ1) is 10.2. The molecule has 1 fully saturated rings. The van der Waals surface area contributed by atoms with Gasteiger partial charge in [-0.1, -0.05) is 33.1 Å². The lowest BCUT2D eigenvalue weighted by Gasteiger charge is -2.31. The molecule has 1 saturated carbocycles. The van der Waals surface area contributed by atoms with E-state index < -0.39 is 0 Å². The molecule has 1 aromatic heterocycles. The molecule has 1 aliphatic carbocycles. The molecule has 1 aliphatic rings. The zero-order valence-electron chi connectivity index (χ0n) is 13.8. The van der Waals surface area contributed by atoms with Gasteiger partial charge in [0, 0.05) is 24.3 Å². The number of hydrogen-bond acceptors (Lipinski definition) is 4. The molecule has 4 heteroatoms. The molecule has 1 aromatic rings. The van der Waals surface area contributed by atoms with E-state index in [2.05, 4.69) is 47.1 Å². The molecule has 0 unspecified atom stereocenters. The molecule has 21 heavy (non-hydrogen) atoms. The molecule has 2 rings (SSSR count). The lowest BCUT2D eigenvalue weighted by atomic mass is 9.94. The summed E-state index contributed by atoms with van der Waals surface area (Å²) in [6.07, 6.45) is 9.83. The summed E-state index contributed by atoms with van der Waals surface area (Å²) in [5, 5.41) is 3.42. The van der Waals surface area contributed by atoms with E-state index in [1.54, 1.807) is 6.33 Å². The van der Waals surface area contributed by atoms with Crippen molar-refractivity contribution in [1.29, 1.82) is 0 Å². The molecule has 0 aromatic carbocycles. The van der Waals surface area contributed by atoms with Gasteiger partial charge < -0.3 is 10.2 Å². The van der Waals surface area contributed by atoms with Gasteiger partial charge in [0.15, 0.2) is 0 Å². The van der Waals surface area contributed by atoms with Crippen LogP contribution in [0.4, 0.5) is 5.82 Å². The Kier molecular flexibility index (Phi) is 6.43. The quantitative estimate of drug-likeness (QED) is 0.778. The van der Waals surface area contributed by atoms with Crippen molar-refractivity contribution in [1.82, 2.24) is 14.9 Å². The third-order valence-corrected chi connectivity index (χ3v) is 4.47. The predicted molar refractivity (Wildman–Crippen MR) is 88.7 cm³/mol. The van der Waals surface area contributed by atoms with Gasteiger partial charge in [-0.3, -0.25) is 0 Å². The van der Waals surface area contributed by atoms with Crippen LogP contribution in [0.3, 0.4) is 0 Å². The summed E-state index contributed by atoms with van der Waals surface area (Å²) in [7, 11) is 2.28. The fourth-order valence-corrected chi connectivity index (χ4v) is 3.03. The van der Waals surface area contributed by atoms with Crippen molar-refractivity contribution in [2.24, 2.45) is 0 Å². The van der Waals surface area contributed by atoms with Gasteiger partial charge in [-0.15, -0.1) is 0 Å². The molecule has 0 amide bonds. The maximum absolute atomic E-state index is 4.30. The highest BCUT2D eigenvalue weighted by molar-refractivity contribution is 5.35. The van der Waals surface area contributed by atoms with Crippen molar-refractivity contribution >= 4 is 5.82 Å². The maximum Gasteiger partial charge on any atom is 0.129 e. The average Bonchev–Trinajstić information content (AvgIpc) is 2.52. The Bertz CT molecular complexity index is 413. The van der Waals surface area contributed by atoms with E-state index in [1.807, 2.05) is 0 Å². The third kappa shape index (κ3) is 5.27. The van der Waals surface area contributed by atoms with Crippen LogP contribution < -0.4 is 5.32 Å². The van der Waals surface area contributed by atoms with Crippen molar-refractivity contribution in [3.63, 3.8) is 0 Å². The van der Waals surface area contributed by atoms with Gasteiger partial charge in [0.1, 0.15) is 12.1 Å². The summed E-state index contributed by atoms with van der Waals surface area (Å²) >= 11 is 0. The summed E-state index contributed by atoms with van der Waals surface area (Å²) < 4.78 is 0. The minimum atomic E-state index is 0.450. The topological polar surface area (TPSA) is 41.0 Å². The largest absolute Gasteiger partial charge is 0.370 e. The normalized spacial score (nSPS) is 16.6. The van der Waals surface area contributed by atoms with E-state index in [-0.39, 0.29) is 0 Å². The Hall–Kier alpha value is -1.16. The fourth-order valence-electron chi connectivity index (χ4n) is 3.03. The molecule has 118 valence electrons. The van der Waals surface area contributed by atoms with Crippen molar-refractivity contribution in [3.05, 3.63) is 18.1 Å². The van der Waals surface area contributed by atoms with Crippen LogP contribution in [-0.4, -0.2) is 41.0 Å². The third-order valence-electron chi connectivity index (χ3n) is 4.47. The molecule has 1 heterocycles. The number of nitrogens with one attached hydrogen (secondary N) is 1. The van der Waals surface area contributed by atoms with E-state index >= 15 is 0 Å². The molecule has 0 aliphatic heterocycles. The Morgan fingerprint density at radius 3 is 2.71 bits per heavy atom. The van der Waals surface area contributed by atoms with Crippen molar-refractivity contribution in [3.8, 4) is 0 Å². The summed E-state index contributed by atoms with van der Waals surface area (Å²) in [6, 6.07) is 2.88. The van der Waals surface area contributed by atoms with Crippen LogP contribution in [0.25, 0.3) is 0 Å². The fraction of sp³-hybridized carbons (Fsp3) is 0.765. The first-order valence-electron chi connectivity index (χ1n) is 8.43. The van der Waals surface area contributed by atoms with E-state index in [0.29, 0.717) is 5.92 Å². The van der Waals surface area contributed by atoms with Crippen molar-refractivity contribution < 1.29 is 0 Å². The van der Waals surface area contributed by atoms with Gasteiger partial charge in [-0.25, -0.2) is 9.97 Å². The zero-order chi connectivity index (χ0) is 15.1. The number of rotatable bonds is 7. The van der Waals surface area contributed by atoms with E-state index in [0.717, 1.165) is 30.5 Å². The smallest absolute Gasteiger partial charge is 0.129 e. The Balaban J connectivity index is 1.68. The number of nitrogens with zero attached hydrogens (tertiary/aromatic N) is 3. The Labute approximate surface area is 129 Å². The maximum atomic E-state index is 4.30. The van der Waals surface area contributed by atoms with E-state index in [1.165, 1.54) is 38.6 Å². The van der Waals surface area contributed by atoms with Gasteiger partial charge in [0.25, 0.3) is 0 Å². The number of hydrogen-bond donors (Lipinski definition) is 1. The molecule has 0 atom stereocenters. The van der Waals surface area contributed by atoms with Crippen LogP contribution in [0.15, 0.2) is 12.4 Å². The molecule has 1 N–H and O–H groups in total. The van der Waals surface area contributed by atoms with Gasteiger partial charge >= 0.3 is 0 Å². The highest BCUT2D eigenvalue weighted by Crippen LogP contribution is 2.21. The highest BCUT2D eigenvalue weighted by Gasteiger charge is 2.17. The summed E-state index contributed by atoms with van der Waals surface area (Å²) in [5.41, 5.74) is 1.10. The molecule has 0 radical (unpaired) electrons. The summed E-state index contributed by atoms with van der Waals surface area (Å²) in [6.45, 7) is 6.46. The van der Waals surface area contributed by atoms with Crippen LogP contribution >= 0.6 is 0 Å². The first-order valence-corrected chi connectivity index (χ1v) is 8.43. The van der Waals surface area contributed by atoms with E-state index in [4.69, 9.17) is 0 Å². The first kappa shape index (κ1) is 16.2. The van der Waals surface area contributed by atoms with Gasteiger partial charge in [0.05, 0.1) is 0 Å². The summed E-state index contributed by atoms with van der Waals surface area (Å²) in [4.78, 5) is 11.1. The van der Waals surface area contributed by atoms with Crippen LogP contribution in [0.1, 0.15) is 64.0 Å². The number of anilines is 1. The Morgan fingerprint density at radius 2 is 2.00 bits per heavy atom. The molecular formula is C17H30N4. The second kappa shape index (κ2) is 8.32. The molecule has 0 bridgehead atoms. The minimum Gasteiger partial charge on any atom is -0.370 e. The predicted octanol–water partition coefficient (Wildman–Crippen LogP) is 3.67. The zero-order valence-corrected chi connectivity index (χ0v) is 13.8. The van der Waals surface area contributed by atoms with Crippen LogP contribution in [-0.2, 0) is 0 Å². The van der Waals surface area contributed by atoms with E-state index in [9.17, 15) is 0 Å². The molecule has 0 saturated heterocycles. The van der Waals surface area contributed by atoms with Gasteiger partial charge in [0.2, 0.25) is 0 Å².